The van der Waals surface area contributed by atoms with E-state index in [1.54, 1.807) is 14.0 Å². The number of hydrogen-bond donors (Lipinski definition) is 1. The molecule has 19 heavy (non-hydrogen) atoms. The smallest absolute Gasteiger partial charge is 0.256 e. The van der Waals surface area contributed by atoms with E-state index in [4.69, 9.17) is 15.2 Å². The fourth-order valence-corrected chi connectivity index (χ4v) is 1.57. The van der Waals surface area contributed by atoms with Crippen molar-refractivity contribution in [3.63, 3.8) is 0 Å². The largest absolute Gasteiger partial charge is 0.493 e. The van der Waals surface area contributed by atoms with Crippen LogP contribution in [-0.2, 0) is 0 Å². The number of rotatable bonds is 5. The van der Waals surface area contributed by atoms with Gasteiger partial charge in [0.1, 0.15) is 5.82 Å². The molecule has 0 aliphatic rings. The van der Waals surface area contributed by atoms with Crippen molar-refractivity contribution in [1.82, 2.24) is 4.90 Å². The second kappa shape index (κ2) is 6.38. The van der Waals surface area contributed by atoms with Crippen LogP contribution in [0.25, 0.3) is 0 Å². The Kier molecular flexibility index (Phi) is 5.11. The minimum atomic E-state index is -0.654. The van der Waals surface area contributed by atoms with Gasteiger partial charge in [0, 0.05) is 25.7 Å². The molecule has 1 atom stereocenters. The third kappa shape index (κ3) is 3.14. The molecule has 2 N–H and O–H groups in total. The number of likely N-dealkylation sites (N-methyl/N-ethyl adjacent to an activating group) is 1. The molecule has 0 radical (unpaired) electrons. The Balaban J connectivity index is 3.16. The second-order valence-corrected chi connectivity index (χ2v) is 4.19. The second-order valence-electron chi connectivity index (χ2n) is 4.19. The molecular formula is C13H19FN2O3. The van der Waals surface area contributed by atoms with E-state index >= 15 is 0 Å². The van der Waals surface area contributed by atoms with Crippen LogP contribution in [0.3, 0.4) is 0 Å². The molecule has 1 rings (SSSR count). The Bertz CT molecular complexity index is 465. The lowest BCUT2D eigenvalue weighted by atomic mass is 10.1. The number of carbonyl (C=O) groups excluding carboxylic acids is 1. The van der Waals surface area contributed by atoms with Crippen molar-refractivity contribution >= 4 is 5.91 Å². The lowest BCUT2D eigenvalue weighted by molar-refractivity contribution is 0.0743. The first-order chi connectivity index (χ1) is 8.96. The van der Waals surface area contributed by atoms with E-state index in [0.29, 0.717) is 12.3 Å². The van der Waals surface area contributed by atoms with E-state index in [-0.39, 0.29) is 17.4 Å². The number of carbonyl (C=O) groups is 1. The van der Waals surface area contributed by atoms with Crippen LogP contribution < -0.4 is 15.2 Å². The molecule has 0 spiro atoms. The van der Waals surface area contributed by atoms with E-state index in [0.717, 1.165) is 6.07 Å². The lowest BCUT2D eigenvalue weighted by Gasteiger charge is -2.24. The Labute approximate surface area is 112 Å². The highest BCUT2D eigenvalue weighted by atomic mass is 19.1. The van der Waals surface area contributed by atoms with Gasteiger partial charge in [-0.1, -0.05) is 0 Å². The van der Waals surface area contributed by atoms with Gasteiger partial charge in [-0.25, -0.2) is 4.39 Å². The van der Waals surface area contributed by atoms with Gasteiger partial charge in [0.2, 0.25) is 0 Å². The summed E-state index contributed by atoms with van der Waals surface area (Å²) in [5, 5.41) is 0. The molecule has 0 aromatic heterocycles. The zero-order valence-electron chi connectivity index (χ0n) is 11.6. The maximum absolute atomic E-state index is 13.9. The van der Waals surface area contributed by atoms with Gasteiger partial charge in [0.15, 0.2) is 11.5 Å². The highest BCUT2D eigenvalue weighted by Gasteiger charge is 2.22. The van der Waals surface area contributed by atoms with Crippen LogP contribution in [0.5, 0.6) is 11.5 Å². The molecular weight excluding hydrogens is 251 g/mol. The number of benzene rings is 1. The zero-order valence-corrected chi connectivity index (χ0v) is 11.6. The Morgan fingerprint density at radius 2 is 1.89 bits per heavy atom. The number of amides is 1. The van der Waals surface area contributed by atoms with E-state index in [1.807, 2.05) is 0 Å². The molecule has 0 fully saturated rings. The Morgan fingerprint density at radius 3 is 2.37 bits per heavy atom. The van der Waals surface area contributed by atoms with E-state index in [9.17, 15) is 9.18 Å². The molecule has 6 heteroatoms. The molecule has 0 saturated heterocycles. The predicted molar refractivity (Wildman–Crippen MR) is 70.1 cm³/mol. The molecule has 1 amide bonds. The number of nitrogens with zero attached hydrogens (tertiary/aromatic N) is 1. The third-order valence-corrected chi connectivity index (χ3v) is 3.03. The molecule has 0 aliphatic heterocycles. The standard InChI is InChI=1S/C13H19FN2O3/c1-8(7-15)16(2)13(17)9-5-11(18-3)12(19-4)6-10(9)14/h5-6,8H,7,15H2,1-4H3. The maximum atomic E-state index is 13.9. The van der Waals surface area contributed by atoms with Gasteiger partial charge < -0.3 is 20.1 Å². The summed E-state index contributed by atoms with van der Waals surface area (Å²) in [6.45, 7) is 2.09. The van der Waals surface area contributed by atoms with Gasteiger partial charge in [0.25, 0.3) is 5.91 Å². The van der Waals surface area contributed by atoms with Crippen molar-refractivity contribution < 1.29 is 18.7 Å². The summed E-state index contributed by atoms with van der Waals surface area (Å²) in [5.41, 5.74) is 5.43. The average Bonchev–Trinajstić information content (AvgIpc) is 2.44. The molecule has 1 aromatic carbocycles. The topological polar surface area (TPSA) is 64.8 Å². The number of halogens is 1. The number of ether oxygens (including phenoxy) is 2. The molecule has 0 saturated carbocycles. The fourth-order valence-electron chi connectivity index (χ4n) is 1.57. The van der Waals surface area contributed by atoms with Gasteiger partial charge in [-0.2, -0.15) is 0 Å². The SMILES string of the molecule is COc1cc(F)c(C(=O)N(C)C(C)CN)cc1OC. The first kappa shape index (κ1) is 15.2. The normalized spacial score (nSPS) is 11.9. The van der Waals surface area contributed by atoms with Gasteiger partial charge in [-0.15, -0.1) is 0 Å². The fraction of sp³-hybridized carbons (Fsp3) is 0.462. The summed E-state index contributed by atoms with van der Waals surface area (Å²) in [6.07, 6.45) is 0. The van der Waals surface area contributed by atoms with Crippen LogP contribution in [0, 0.1) is 5.82 Å². The van der Waals surface area contributed by atoms with Crippen molar-refractivity contribution in [2.45, 2.75) is 13.0 Å². The summed E-state index contributed by atoms with van der Waals surface area (Å²) in [6, 6.07) is 2.28. The highest BCUT2D eigenvalue weighted by Crippen LogP contribution is 2.30. The summed E-state index contributed by atoms with van der Waals surface area (Å²) < 4.78 is 23.9. The summed E-state index contributed by atoms with van der Waals surface area (Å²) in [5.74, 6) is -0.553. The van der Waals surface area contributed by atoms with Gasteiger partial charge in [-0.3, -0.25) is 4.79 Å². The minimum Gasteiger partial charge on any atom is -0.493 e. The predicted octanol–water partition coefficient (Wildman–Crippen LogP) is 1.26. The average molecular weight is 270 g/mol. The van der Waals surface area contributed by atoms with Gasteiger partial charge in [-0.05, 0) is 13.0 Å². The molecule has 1 unspecified atom stereocenters. The molecule has 0 bridgehead atoms. The van der Waals surface area contributed by atoms with Crippen LogP contribution >= 0.6 is 0 Å². The van der Waals surface area contributed by atoms with Crippen molar-refractivity contribution in [3.05, 3.63) is 23.5 Å². The number of hydrogen-bond acceptors (Lipinski definition) is 4. The third-order valence-electron chi connectivity index (χ3n) is 3.03. The first-order valence-corrected chi connectivity index (χ1v) is 5.85. The first-order valence-electron chi connectivity index (χ1n) is 5.85. The minimum absolute atomic E-state index is 0.0690. The van der Waals surface area contributed by atoms with E-state index < -0.39 is 11.7 Å². The van der Waals surface area contributed by atoms with E-state index in [1.165, 1.54) is 25.2 Å². The van der Waals surface area contributed by atoms with Gasteiger partial charge in [0.05, 0.1) is 19.8 Å². The highest BCUT2D eigenvalue weighted by molar-refractivity contribution is 5.95. The van der Waals surface area contributed by atoms with Crippen molar-refractivity contribution in [1.29, 1.82) is 0 Å². The van der Waals surface area contributed by atoms with Crippen molar-refractivity contribution in [2.75, 3.05) is 27.8 Å². The van der Waals surface area contributed by atoms with Crippen molar-refractivity contribution in [2.24, 2.45) is 5.73 Å². The number of methoxy groups -OCH3 is 2. The summed E-state index contributed by atoms with van der Waals surface area (Å²) >= 11 is 0. The van der Waals surface area contributed by atoms with Crippen LogP contribution in [0.1, 0.15) is 17.3 Å². The Hall–Kier alpha value is -1.82. The monoisotopic (exact) mass is 270 g/mol. The summed E-state index contributed by atoms with van der Waals surface area (Å²) in [4.78, 5) is 13.6. The molecule has 0 heterocycles. The van der Waals surface area contributed by atoms with Crippen LogP contribution in [0.4, 0.5) is 4.39 Å². The molecule has 1 aromatic rings. The van der Waals surface area contributed by atoms with Gasteiger partial charge >= 0.3 is 0 Å². The molecule has 106 valence electrons. The quantitative estimate of drug-likeness (QED) is 0.875. The summed E-state index contributed by atoms with van der Waals surface area (Å²) in [7, 11) is 4.41. The Morgan fingerprint density at radius 1 is 1.37 bits per heavy atom. The van der Waals surface area contributed by atoms with E-state index in [2.05, 4.69) is 0 Å². The van der Waals surface area contributed by atoms with Crippen LogP contribution in [0.15, 0.2) is 12.1 Å². The lowest BCUT2D eigenvalue weighted by Crippen LogP contribution is -2.40. The van der Waals surface area contributed by atoms with Crippen molar-refractivity contribution in [3.8, 4) is 11.5 Å². The maximum Gasteiger partial charge on any atom is 0.256 e. The molecule has 0 aliphatic carbocycles. The zero-order chi connectivity index (χ0) is 14.6. The molecule has 5 nitrogen and oxygen atoms in total. The van der Waals surface area contributed by atoms with Crippen LogP contribution in [-0.4, -0.2) is 44.7 Å². The van der Waals surface area contributed by atoms with Crippen LogP contribution in [0.2, 0.25) is 0 Å². The number of nitrogens with two attached hydrogens (primary N) is 1.